The van der Waals surface area contributed by atoms with Gasteiger partial charge in [0.15, 0.2) is 0 Å². The molecule has 0 bridgehead atoms. The number of carbonyl (C=O) groups excluding carboxylic acids is 1. The lowest BCUT2D eigenvalue weighted by Gasteiger charge is -2.36. The van der Waals surface area contributed by atoms with E-state index in [1.807, 2.05) is 28.8 Å². The molecule has 1 aliphatic heterocycles. The number of hydrogen-bond acceptors (Lipinski definition) is 7. The molecule has 34 heavy (non-hydrogen) atoms. The van der Waals surface area contributed by atoms with Crippen molar-refractivity contribution in [3.8, 4) is 11.4 Å². The zero-order chi connectivity index (χ0) is 23.9. The number of hydroxylamine groups is 1. The zero-order valence-corrected chi connectivity index (χ0v) is 19.1. The molecule has 1 aliphatic rings. The summed E-state index contributed by atoms with van der Waals surface area (Å²) in [7, 11) is 0. The van der Waals surface area contributed by atoms with Crippen molar-refractivity contribution in [1.82, 2.24) is 19.8 Å². The molecule has 0 radical (unpaired) electrons. The molecule has 4 aromatic rings. The molecule has 9 nitrogen and oxygen atoms in total. The van der Waals surface area contributed by atoms with Gasteiger partial charge in [-0.25, -0.2) is 20.2 Å². The number of carboxylic acids is 1. The maximum atomic E-state index is 11.8. The number of aromatic nitrogens is 3. The monoisotopic (exact) mass is 478 g/mol. The van der Waals surface area contributed by atoms with Gasteiger partial charge in [-0.05, 0) is 49.6 Å². The Bertz CT molecular complexity index is 1390. The Balaban J connectivity index is 1.57. The van der Waals surface area contributed by atoms with Crippen LogP contribution in [0, 0.1) is 6.92 Å². The predicted molar refractivity (Wildman–Crippen MR) is 125 cm³/mol. The van der Waals surface area contributed by atoms with E-state index in [1.54, 1.807) is 47.3 Å². The minimum absolute atomic E-state index is 0.183. The Hall–Kier alpha value is -3.60. The molecule has 5 rings (SSSR count). The average molecular weight is 479 g/mol. The van der Waals surface area contributed by atoms with Crippen LogP contribution in [0.2, 0.25) is 0 Å². The minimum atomic E-state index is -0.996. The molecule has 1 aromatic carbocycles. The number of benzene rings is 1. The number of nitrogens with zero attached hydrogens (tertiary/aromatic N) is 3. The Kier molecular flexibility index (Phi) is 5.64. The van der Waals surface area contributed by atoms with E-state index in [0.717, 1.165) is 40.5 Å². The fourth-order valence-electron chi connectivity index (χ4n) is 4.56. The molecule has 3 aromatic heterocycles. The van der Waals surface area contributed by atoms with Gasteiger partial charge in [0.05, 0.1) is 22.4 Å². The standard InChI is InChI=1S/C24H22N4O5S/c1-14-20(28-9-6-16(22(30)31)12-19(28)25-14)18-13-34-23(26-18)24(7-10-33-11-8-24)17-4-2-15(3-5-17)21(29)27-32/h2-6,9,12-13,32H,7-8,10-11H2,1H3,(H,27,29)(H,30,31). The van der Waals surface area contributed by atoms with Crippen LogP contribution in [0.5, 0.6) is 0 Å². The Morgan fingerprint density at radius 2 is 1.85 bits per heavy atom. The van der Waals surface area contributed by atoms with Gasteiger partial charge in [-0.3, -0.25) is 14.4 Å². The van der Waals surface area contributed by atoms with Gasteiger partial charge >= 0.3 is 5.97 Å². The summed E-state index contributed by atoms with van der Waals surface area (Å²) >= 11 is 1.57. The molecule has 0 spiro atoms. The highest BCUT2D eigenvalue weighted by molar-refractivity contribution is 7.10. The molecule has 1 fully saturated rings. The Morgan fingerprint density at radius 3 is 2.53 bits per heavy atom. The highest BCUT2D eigenvalue weighted by Gasteiger charge is 2.39. The van der Waals surface area contributed by atoms with E-state index < -0.39 is 11.9 Å². The molecule has 1 saturated heterocycles. The number of rotatable bonds is 5. The van der Waals surface area contributed by atoms with Crippen molar-refractivity contribution in [2.75, 3.05) is 13.2 Å². The van der Waals surface area contributed by atoms with Gasteiger partial charge in [-0.1, -0.05) is 12.1 Å². The lowest BCUT2D eigenvalue weighted by Crippen LogP contribution is -2.35. The number of amides is 1. The van der Waals surface area contributed by atoms with Gasteiger partial charge in [0, 0.05) is 30.4 Å². The lowest BCUT2D eigenvalue weighted by atomic mass is 9.74. The number of ether oxygens (including phenoxy) is 1. The van der Waals surface area contributed by atoms with Crippen molar-refractivity contribution in [1.29, 1.82) is 0 Å². The van der Waals surface area contributed by atoms with E-state index in [4.69, 9.17) is 14.9 Å². The van der Waals surface area contributed by atoms with Gasteiger partial charge in [-0.2, -0.15) is 0 Å². The van der Waals surface area contributed by atoms with E-state index >= 15 is 0 Å². The van der Waals surface area contributed by atoms with Gasteiger partial charge in [0.2, 0.25) is 0 Å². The molecule has 3 N–H and O–H groups in total. The number of carboxylic acid groups (broad SMARTS) is 1. The van der Waals surface area contributed by atoms with Crippen molar-refractivity contribution in [2.24, 2.45) is 0 Å². The fraction of sp³-hybridized carbons (Fsp3) is 0.250. The fourth-order valence-corrected chi connectivity index (χ4v) is 5.64. The Morgan fingerprint density at radius 1 is 1.12 bits per heavy atom. The van der Waals surface area contributed by atoms with Crippen molar-refractivity contribution < 1.29 is 24.6 Å². The van der Waals surface area contributed by atoms with Gasteiger partial charge in [-0.15, -0.1) is 11.3 Å². The van der Waals surface area contributed by atoms with Crippen LogP contribution < -0.4 is 5.48 Å². The number of nitrogens with one attached hydrogen (secondary N) is 1. The number of aryl methyl sites for hydroxylation is 1. The SMILES string of the molecule is Cc1nc2cc(C(=O)O)ccn2c1-c1csc(C2(c3ccc(C(=O)NO)cc3)CCOCC2)n1. The van der Waals surface area contributed by atoms with E-state index in [-0.39, 0.29) is 11.0 Å². The number of pyridine rings is 1. The van der Waals surface area contributed by atoms with Crippen molar-refractivity contribution in [3.63, 3.8) is 0 Å². The summed E-state index contributed by atoms with van der Waals surface area (Å²) in [4.78, 5) is 32.7. The topological polar surface area (TPSA) is 126 Å². The second-order valence-corrected chi connectivity index (χ2v) is 9.10. The van der Waals surface area contributed by atoms with Crippen molar-refractivity contribution in [3.05, 3.63) is 75.4 Å². The van der Waals surface area contributed by atoms with E-state index in [0.29, 0.717) is 24.4 Å². The van der Waals surface area contributed by atoms with Crippen LogP contribution in [-0.4, -0.2) is 49.8 Å². The van der Waals surface area contributed by atoms with Crippen LogP contribution in [0.3, 0.4) is 0 Å². The number of aromatic carboxylic acids is 1. The van der Waals surface area contributed by atoms with E-state index in [9.17, 15) is 14.7 Å². The summed E-state index contributed by atoms with van der Waals surface area (Å²) in [6.45, 7) is 3.08. The first-order valence-corrected chi connectivity index (χ1v) is 11.6. The third-order valence-corrected chi connectivity index (χ3v) is 7.40. The Labute approximate surface area is 198 Å². The molecule has 4 heterocycles. The first-order chi connectivity index (χ1) is 16.4. The number of carbonyl (C=O) groups is 2. The normalized spacial score (nSPS) is 15.4. The summed E-state index contributed by atoms with van der Waals surface area (Å²) in [5.41, 5.74) is 5.81. The molecule has 10 heteroatoms. The van der Waals surface area contributed by atoms with Gasteiger partial charge < -0.3 is 9.84 Å². The van der Waals surface area contributed by atoms with Crippen LogP contribution in [0.1, 0.15) is 49.8 Å². The summed E-state index contributed by atoms with van der Waals surface area (Å²) in [6.07, 6.45) is 3.21. The molecular weight excluding hydrogens is 456 g/mol. The summed E-state index contributed by atoms with van der Waals surface area (Å²) in [6, 6.07) is 10.3. The molecule has 174 valence electrons. The summed E-state index contributed by atoms with van der Waals surface area (Å²) in [5.74, 6) is -1.55. The molecule has 0 aliphatic carbocycles. The first-order valence-electron chi connectivity index (χ1n) is 10.7. The summed E-state index contributed by atoms with van der Waals surface area (Å²) < 4.78 is 7.51. The van der Waals surface area contributed by atoms with Crippen LogP contribution in [0.4, 0.5) is 0 Å². The highest BCUT2D eigenvalue weighted by atomic mass is 32.1. The second kappa shape index (κ2) is 8.64. The molecular formula is C24H22N4O5S. The molecule has 0 atom stereocenters. The highest BCUT2D eigenvalue weighted by Crippen LogP contribution is 2.44. The maximum Gasteiger partial charge on any atom is 0.335 e. The van der Waals surface area contributed by atoms with Gasteiger partial charge in [0.1, 0.15) is 16.3 Å². The number of hydrogen-bond donors (Lipinski definition) is 3. The average Bonchev–Trinajstić information content (AvgIpc) is 3.47. The predicted octanol–water partition coefficient (Wildman–Crippen LogP) is 3.68. The van der Waals surface area contributed by atoms with Crippen LogP contribution in [0.25, 0.3) is 17.0 Å². The van der Waals surface area contributed by atoms with Crippen LogP contribution in [-0.2, 0) is 10.2 Å². The first kappa shape index (κ1) is 22.2. The third kappa shape index (κ3) is 3.65. The maximum absolute atomic E-state index is 11.8. The molecule has 0 saturated carbocycles. The van der Waals surface area contributed by atoms with Gasteiger partial charge in [0.25, 0.3) is 5.91 Å². The van der Waals surface area contributed by atoms with Crippen LogP contribution >= 0.6 is 11.3 Å². The number of imidazole rings is 1. The smallest absolute Gasteiger partial charge is 0.335 e. The lowest BCUT2D eigenvalue weighted by molar-refractivity contribution is 0.0629. The second-order valence-electron chi connectivity index (χ2n) is 8.25. The number of fused-ring (bicyclic) bond motifs is 1. The minimum Gasteiger partial charge on any atom is -0.478 e. The molecule has 0 unspecified atom stereocenters. The zero-order valence-electron chi connectivity index (χ0n) is 18.3. The summed E-state index contributed by atoms with van der Waals surface area (Å²) in [5, 5.41) is 21.1. The number of thiazole rings is 1. The largest absolute Gasteiger partial charge is 0.478 e. The molecule has 1 amide bonds. The van der Waals surface area contributed by atoms with Crippen molar-refractivity contribution >= 4 is 28.9 Å². The van der Waals surface area contributed by atoms with Crippen LogP contribution in [0.15, 0.2) is 48.0 Å². The van der Waals surface area contributed by atoms with E-state index in [2.05, 4.69) is 4.98 Å². The van der Waals surface area contributed by atoms with E-state index in [1.165, 1.54) is 0 Å². The third-order valence-electron chi connectivity index (χ3n) is 6.35. The van der Waals surface area contributed by atoms with Crippen molar-refractivity contribution in [2.45, 2.75) is 25.2 Å². The quantitative estimate of drug-likeness (QED) is 0.295.